The molecule has 33 heavy (non-hydrogen) atoms. The Morgan fingerprint density at radius 3 is 1.94 bits per heavy atom. The molecular formula is C28H31ClO3S. The molecule has 4 rings (SSSR count). The summed E-state index contributed by atoms with van der Waals surface area (Å²) in [6.07, 6.45) is 4.11. The van der Waals surface area contributed by atoms with E-state index in [0.717, 1.165) is 41.9 Å². The fourth-order valence-electron chi connectivity index (χ4n) is 4.40. The third-order valence-corrected chi connectivity index (χ3v) is 8.70. The summed E-state index contributed by atoms with van der Waals surface area (Å²) >= 11 is 7.19. The van der Waals surface area contributed by atoms with E-state index in [0.29, 0.717) is 19.4 Å². The fraction of sp³-hybridized carbons (Fsp3) is 0.357. The largest absolute Gasteiger partial charge is 0.353 e. The first kappa shape index (κ1) is 24.2. The van der Waals surface area contributed by atoms with Crippen LogP contribution in [0.1, 0.15) is 30.4 Å². The normalized spacial score (nSPS) is 18.5. The van der Waals surface area contributed by atoms with Gasteiger partial charge in [-0.25, -0.2) is 0 Å². The van der Waals surface area contributed by atoms with Gasteiger partial charge in [0.1, 0.15) is 4.71 Å². The van der Waals surface area contributed by atoms with Gasteiger partial charge < -0.3 is 9.47 Å². The van der Waals surface area contributed by atoms with Crippen LogP contribution in [0, 0.1) is 5.41 Å². The molecule has 1 fully saturated rings. The molecule has 0 bridgehead atoms. The van der Waals surface area contributed by atoms with E-state index in [4.69, 9.17) is 21.1 Å². The molecular weight excluding hydrogens is 452 g/mol. The van der Waals surface area contributed by atoms with Gasteiger partial charge in [-0.15, -0.1) is 11.6 Å². The summed E-state index contributed by atoms with van der Waals surface area (Å²) in [4.78, 5) is 0.733. The first-order valence-corrected chi connectivity index (χ1v) is 13.2. The minimum atomic E-state index is -1.41. The number of alkyl halides is 1. The van der Waals surface area contributed by atoms with Crippen molar-refractivity contribution in [1.82, 2.24) is 0 Å². The second kappa shape index (κ2) is 11.9. The molecule has 1 aliphatic heterocycles. The zero-order valence-corrected chi connectivity index (χ0v) is 20.3. The third kappa shape index (κ3) is 6.54. The fourth-order valence-corrected chi connectivity index (χ4v) is 6.28. The Hall–Kier alpha value is -1.98. The highest BCUT2D eigenvalue weighted by Crippen LogP contribution is 2.40. The van der Waals surface area contributed by atoms with Crippen LogP contribution in [0.3, 0.4) is 0 Å². The highest BCUT2D eigenvalue weighted by atomic mass is 35.5. The van der Waals surface area contributed by atoms with Crippen LogP contribution in [0.5, 0.6) is 0 Å². The quantitative estimate of drug-likeness (QED) is 0.315. The topological polar surface area (TPSA) is 35.5 Å². The monoisotopic (exact) mass is 482 g/mol. The van der Waals surface area contributed by atoms with E-state index in [-0.39, 0.29) is 6.29 Å². The SMILES string of the molecule is O=S(c1ccccc1)C(Cl)C(COC1CCCCO1)(Cc1ccccc1)Cc1ccccc1. The van der Waals surface area contributed by atoms with Gasteiger partial charge >= 0.3 is 0 Å². The van der Waals surface area contributed by atoms with Crippen molar-refractivity contribution in [3.8, 4) is 0 Å². The van der Waals surface area contributed by atoms with Crippen LogP contribution in [0.2, 0.25) is 0 Å². The number of rotatable bonds is 10. The maximum Gasteiger partial charge on any atom is 0.157 e. The van der Waals surface area contributed by atoms with E-state index >= 15 is 0 Å². The van der Waals surface area contributed by atoms with E-state index in [2.05, 4.69) is 24.3 Å². The van der Waals surface area contributed by atoms with Crippen molar-refractivity contribution >= 4 is 22.4 Å². The molecule has 0 aromatic heterocycles. The zero-order valence-electron chi connectivity index (χ0n) is 18.8. The molecule has 0 radical (unpaired) electrons. The molecule has 0 saturated carbocycles. The Morgan fingerprint density at radius 1 is 0.879 bits per heavy atom. The summed E-state index contributed by atoms with van der Waals surface area (Å²) in [5.41, 5.74) is 1.71. The Bertz CT molecular complexity index is 950. The highest BCUT2D eigenvalue weighted by molar-refractivity contribution is 7.87. The molecule has 1 aliphatic rings. The summed E-state index contributed by atoms with van der Waals surface area (Å²) in [5, 5.41) is 0. The van der Waals surface area contributed by atoms with E-state index in [1.807, 2.05) is 66.7 Å². The Morgan fingerprint density at radius 2 is 1.42 bits per heavy atom. The highest BCUT2D eigenvalue weighted by Gasteiger charge is 2.43. The average molecular weight is 483 g/mol. The van der Waals surface area contributed by atoms with Gasteiger partial charge in [0.25, 0.3) is 0 Å². The van der Waals surface area contributed by atoms with E-state index in [1.54, 1.807) is 0 Å². The Labute approximate surface area is 204 Å². The maximum atomic E-state index is 13.7. The summed E-state index contributed by atoms with van der Waals surface area (Å²) in [6.45, 7) is 1.09. The molecule has 3 aromatic carbocycles. The van der Waals surface area contributed by atoms with Crippen LogP contribution in [-0.2, 0) is 33.1 Å². The average Bonchev–Trinajstić information content (AvgIpc) is 2.89. The first-order chi connectivity index (χ1) is 16.2. The number of benzene rings is 3. The smallest absolute Gasteiger partial charge is 0.157 e. The molecule has 0 aliphatic carbocycles. The number of hydrogen-bond donors (Lipinski definition) is 0. The number of ether oxygens (including phenoxy) is 2. The predicted octanol–water partition coefficient (Wildman–Crippen LogP) is 6.37. The van der Waals surface area contributed by atoms with Gasteiger partial charge in [0, 0.05) is 16.9 Å². The van der Waals surface area contributed by atoms with Gasteiger partial charge in [0.2, 0.25) is 0 Å². The van der Waals surface area contributed by atoms with Crippen LogP contribution in [0.4, 0.5) is 0 Å². The molecule has 1 heterocycles. The molecule has 3 unspecified atom stereocenters. The minimum Gasteiger partial charge on any atom is -0.353 e. The van der Waals surface area contributed by atoms with Gasteiger partial charge in [-0.3, -0.25) is 4.21 Å². The minimum absolute atomic E-state index is 0.237. The second-order valence-electron chi connectivity index (χ2n) is 8.72. The predicted molar refractivity (Wildman–Crippen MR) is 135 cm³/mol. The van der Waals surface area contributed by atoms with Crippen molar-refractivity contribution in [1.29, 1.82) is 0 Å². The van der Waals surface area contributed by atoms with Crippen LogP contribution >= 0.6 is 11.6 Å². The third-order valence-electron chi connectivity index (χ3n) is 6.14. The van der Waals surface area contributed by atoms with Crippen LogP contribution < -0.4 is 0 Å². The lowest BCUT2D eigenvalue weighted by atomic mass is 9.78. The molecule has 3 aromatic rings. The van der Waals surface area contributed by atoms with Gasteiger partial charge in [-0.05, 0) is 55.4 Å². The van der Waals surface area contributed by atoms with Crippen LogP contribution in [0.25, 0.3) is 0 Å². The molecule has 3 nitrogen and oxygen atoms in total. The van der Waals surface area contributed by atoms with E-state index < -0.39 is 20.9 Å². The summed E-state index contributed by atoms with van der Waals surface area (Å²) in [5.74, 6) is 0. The zero-order chi connectivity index (χ0) is 22.9. The maximum absolute atomic E-state index is 13.7. The Balaban J connectivity index is 1.70. The van der Waals surface area contributed by atoms with Crippen molar-refractivity contribution in [2.75, 3.05) is 13.2 Å². The molecule has 3 atom stereocenters. The lowest BCUT2D eigenvalue weighted by Crippen LogP contribution is -2.44. The standard InChI is InChI=1S/C28H31ClO3S/c29-27(33(30)25-16-8-3-9-17-25)28(20-23-12-4-1-5-13-23,21-24-14-6-2-7-15-24)22-32-26-18-10-11-19-31-26/h1-9,12-17,26-27H,10-11,18-22H2. The summed E-state index contributed by atoms with van der Waals surface area (Å²) in [7, 11) is -1.41. The molecule has 174 valence electrons. The number of hydrogen-bond acceptors (Lipinski definition) is 3. The lowest BCUT2D eigenvalue weighted by molar-refractivity contribution is -0.178. The summed E-state index contributed by atoms with van der Waals surface area (Å²) in [6, 6.07) is 30.1. The first-order valence-electron chi connectivity index (χ1n) is 11.6. The van der Waals surface area contributed by atoms with Gasteiger partial charge in [0.15, 0.2) is 6.29 Å². The number of halogens is 1. The van der Waals surface area contributed by atoms with Crippen molar-refractivity contribution in [3.63, 3.8) is 0 Å². The van der Waals surface area contributed by atoms with Gasteiger partial charge in [-0.2, -0.15) is 0 Å². The molecule has 0 spiro atoms. The van der Waals surface area contributed by atoms with Gasteiger partial charge in [0.05, 0.1) is 17.4 Å². The molecule has 1 saturated heterocycles. The van der Waals surface area contributed by atoms with Crippen molar-refractivity contribution in [3.05, 3.63) is 102 Å². The second-order valence-corrected chi connectivity index (χ2v) is 11.0. The van der Waals surface area contributed by atoms with Crippen molar-refractivity contribution in [2.24, 2.45) is 5.41 Å². The van der Waals surface area contributed by atoms with Crippen molar-refractivity contribution in [2.45, 2.75) is 48.0 Å². The molecule has 0 amide bonds. The van der Waals surface area contributed by atoms with E-state index in [9.17, 15) is 4.21 Å². The van der Waals surface area contributed by atoms with Crippen LogP contribution in [-0.4, -0.2) is 28.4 Å². The van der Waals surface area contributed by atoms with Crippen LogP contribution in [0.15, 0.2) is 95.9 Å². The lowest BCUT2D eigenvalue weighted by Gasteiger charge is -2.39. The molecule has 5 heteroatoms. The van der Waals surface area contributed by atoms with Crippen molar-refractivity contribution < 1.29 is 13.7 Å². The van der Waals surface area contributed by atoms with E-state index in [1.165, 1.54) is 0 Å². The molecule has 0 N–H and O–H groups in total. The van der Waals surface area contributed by atoms with Gasteiger partial charge in [-0.1, -0.05) is 78.9 Å². The summed E-state index contributed by atoms with van der Waals surface area (Å²) < 4.78 is 25.3. The Kier molecular flexibility index (Phi) is 8.74.